The predicted octanol–water partition coefficient (Wildman–Crippen LogP) is 1.67. The molecule has 0 fully saturated rings. The molecule has 0 aliphatic rings. The van der Waals surface area contributed by atoms with Crippen molar-refractivity contribution < 1.29 is 0 Å². The highest BCUT2D eigenvalue weighted by Crippen LogP contribution is 2.16. The lowest BCUT2D eigenvalue weighted by Crippen LogP contribution is -2.35. The normalized spacial score (nSPS) is 12.8. The van der Waals surface area contributed by atoms with Crippen LogP contribution in [0.15, 0.2) is 15.5 Å². The summed E-state index contributed by atoms with van der Waals surface area (Å²) in [4.78, 5) is 13.7. The van der Waals surface area contributed by atoms with Gasteiger partial charge in [0.1, 0.15) is 4.47 Å². The fraction of sp³-hybridized carbons (Fsp3) is 0.636. The lowest BCUT2D eigenvalue weighted by atomic mass is 10.3. The van der Waals surface area contributed by atoms with Crippen molar-refractivity contribution in [3.63, 3.8) is 0 Å². The Morgan fingerprint density at radius 1 is 1.53 bits per heavy atom. The first-order valence-corrected chi connectivity index (χ1v) is 6.59. The molecule has 1 heterocycles. The Balaban J connectivity index is 2.65. The van der Waals surface area contributed by atoms with E-state index >= 15 is 0 Å². The summed E-state index contributed by atoms with van der Waals surface area (Å²) in [6.07, 6.45) is 1.62. The molecule has 1 unspecified atom stereocenters. The van der Waals surface area contributed by atoms with Gasteiger partial charge in [-0.05, 0) is 35.9 Å². The second-order valence-electron chi connectivity index (χ2n) is 3.96. The number of aromatic nitrogens is 2. The standard InChI is InChI=1S/C11H19BrN4O/c1-4-16(5-2)7-8(3)14-9-6-13-15-11(17)10(9)12/h6,8H,4-5,7H2,1-3H3,(H2,14,15,17). The zero-order chi connectivity index (χ0) is 12.8. The highest BCUT2D eigenvalue weighted by molar-refractivity contribution is 9.10. The average molecular weight is 303 g/mol. The minimum absolute atomic E-state index is 0.218. The molecular weight excluding hydrogens is 284 g/mol. The number of nitrogens with zero attached hydrogens (tertiary/aromatic N) is 2. The molecule has 1 atom stereocenters. The third kappa shape index (κ3) is 4.12. The van der Waals surface area contributed by atoms with E-state index in [4.69, 9.17) is 0 Å². The van der Waals surface area contributed by atoms with Gasteiger partial charge >= 0.3 is 0 Å². The van der Waals surface area contributed by atoms with Crippen molar-refractivity contribution in [2.24, 2.45) is 0 Å². The number of likely N-dealkylation sites (N-methyl/N-ethyl adjacent to an activating group) is 1. The van der Waals surface area contributed by atoms with Crippen LogP contribution in [0.4, 0.5) is 5.69 Å². The fourth-order valence-corrected chi connectivity index (χ4v) is 1.97. The van der Waals surface area contributed by atoms with Crippen molar-refractivity contribution in [1.29, 1.82) is 0 Å². The number of aromatic amines is 1. The zero-order valence-corrected chi connectivity index (χ0v) is 12.0. The lowest BCUT2D eigenvalue weighted by Gasteiger charge is -2.24. The van der Waals surface area contributed by atoms with Crippen LogP contribution in [0.2, 0.25) is 0 Å². The minimum atomic E-state index is -0.218. The van der Waals surface area contributed by atoms with Crippen LogP contribution in [-0.4, -0.2) is 40.8 Å². The van der Waals surface area contributed by atoms with E-state index in [0.29, 0.717) is 4.47 Å². The monoisotopic (exact) mass is 302 g/mol. The summed E-state index contributed by atoms with van der Waals surface area (Å²) < 4.78 is 0.499. The highest BCUT2D eigenvalue weighted by Gasteiger charge is 2.10. The van der Waals surface area contributed by atoms with E-state index in [0.717, 1.165) is 25.3 Å². The molecular formula is C11H19BrN4O. The van der Waals surface area contributed by atoms with E-state index in [1.54, 1.807) is 6.20 Å². The molecule has 5 nitrogen and oxygen atoms in total. The van der Waals surface area contributed by atoms with Crippen LogP contribution in [0.5, 0.6) is 0 Å². The molecule has 1 aromatic rings. The molecule has 0 spiro atoms. The first kappa shape index (κ1) is 14.2. The van der Waals surface area contributed by atoms with Crippen molar-refractivity contribution in [3.05, 3.63) is 21.0 Å². The van der Waals surface area contributed by atoms with Gasteiger partial charge in [-0.1, -0.05) is 13.8 Å². The Hall–Kier alpha value is -0.880. The van der Waals surface area contributed by atoms with Gasteiger partial charge in [-0.2, -0.15) is 5.10 Å². The van der Waals surface area contributed by atoms with Crippen molar-refractivity contribution in [2.75, 3.05) is 25.0 Å². The number of rotatable bonds is 6. The molecule has 0 saturated heterocycles. The Kier molecular flexibility index (Phi) is 5.64. The van der Waals surface area contributed by atoms with Crippen LogP contribution in [0.1, 0.15) is 20.8 Å². The van der Waals surface area contributed by atoms with Gasteiger partial charge in [0.25, 0.3) is 5.56 Å². The molecule has 0 saturated carbocycles. The van der Waals surface area contributed by atoms with Crippen molar-refractivity contribution in [3.8, 4) is 0 Å². The Labute approximate surface area is 110 Å². The summed E-state index contributed by atoms with van der Waals surface area (Å²) in [5.41, 5.74) is 0.512. The second-order valence-corrected chi connectivity index (χ2v) is 4.75. The smallest absolute Gasteiger partial charge is 0.280 e. The number of halogens is 1. The van der Waals surface area contributed by atoms with Crippen LogP contribution in [0.3, 0.4) is 0 Å². The Bertz CT molecular complexity index is 403. The maximum Gasteiger partial charge on any atom is 0.280 e. The molecule has 0 amide bonds. The van der Waals surface area contributed by atoms with E-state index in [9.17, 15) is 4.79 Å². The SMILES string of the molecule is CCN(CC)CC(C)Nc1cn[nH]c(=O)c1Br. The van der Waals surface area contributed by atoms with Crippen LogP contribution in [0.25, 0.3) is 0 Å². The van der Waals surface area contributed by atoms with Crippen LogP contribution in [-0.2, 0) is 0 Å². The summed E-state index contributed by atoms with van der Waals surface area (Å²) in [6.45, 7) is 9.36. The second kappa shape index (κ2) is 6.76. The van der Waals surface area contributed by atoms with Gasteiger partial charge in [0.05, 0.1) is 11.9 Å². The van der Waals surface area contributed by atoms with E-state index in [1.807, 2.05) is 0 Å². The highest BCUT2D eigenvalue weighted by atomic mass is 79.9. The topological polar surface area (TPSA) is 61.0 Å². The fourth-order valence-electron chi connectivity index (χ4n) is 1.66. The molecule has 0 bridgehead atoms. The van der Waals surface area contributed by atoms with Gasteiger partial charge in [0, 0.05) is 12.6 Å². The van der Waals surface area contributed by atoms with Crippen LogP contribution >= 0.6 is 15.9 Å². The maximum absolute atomic E-state index is 11.3. The first-order valence-electron chi connectivity index (χ1n) is 5.80. The Morgan fingerprint density at radius 3 is 2.76 bits per heavy atom. The van der Waals surface area contributed by atoms with Crippen molar-refractivity contribution in [1.82, 2.24) is 15.1 Å². The largest absolute Gasteiger partial charge is 0.379 e. The molecule has 96 valence electrons. The first-order chi connectivity index (χ1) is 8.08. The lowest BCUT2D eigenvalue weighted by molar-refractivity contribution is 0.295. The summed E-state index contributed by atoms with van der Waals surface area (Å²) in [6, 6.07) is 0.259. The quantitative estimate of drug-likeness (QED) is 0.839. The van der Waals surface area contributed by atoms with Gasteiger partial charge in [0.15, 0.2) is 0 Å². The third-order valence-electron chi connectivity index (χ3n) is 2.62. The Morgan fingerprint density at radius 2 is 2.18 bits per heavy atom. The molecule has 0 aliphatic carbocycles. The number of anilines is 1. The van der Waals surface area contributed by atoms with Gasteiger partial charge < -0.3 is 10.2 Å². The van der Waals surface area contributed by atoms with Gasteiger partial charge in [-0.15, -0.1) is 0 Å². The molecule has 0 radical (unpaired) electrons. The molecule has 2 N–H and O–H groups in total. The van der Waals surface area contributed by atoms with E-state index in [-0.39, 0.29) is 11.6 Å². The third-order valence-corrected chi connectivity index (χ3v) is 3.41. The maximum atomic E-state index is 11.3. The molecule has 0 aliphatic heterocycles. The van der Waals surface area contributed by atoms with Crippen LogP contribution < -0.4 is 10.9 Å². The van der Waals surface area contributed by atoms with E-state index < -0.39 is 0 Å². The zero-order valence-electron chi connectivity index (χ0n) is 10.5. The van der Waals surface area contributed by atoms with E-state index in [1.165, 1.54) is 0 Å². The van der Waals surface area contributed by atoms with Crippen molar-refractivity contribution in [2.45, 2.75) is 26.8 Å². The molecule has 17 heavy (non-hydrogen) atoms. The van der Waals surface area contributed by atoms with Crippen molar-refractivity contribution >= 4 is 21.6 Å². The summed E-state index contributed by atoms with van der Waals surface area (Å²) >= 11 is 3.25. The van der Waals surface area contributed by atoms with Gasteiger partial charge in [-0.25, -0.2) is 5.10 Å². The summed E-state index contributed by atoms with van der Waals surface area (Å²) in [5.74, 6) is 0. The van der Waals surface area contributed by atoms with Gasteiger partial charge in [-0.3, -0.25) is 4.79 Å². The van der Waals surface area contributed by atoms with E-state index in [2.05, 4.69) is 57.1 Å². The van der Waals surface area contributed by atoms with Crippen LogP contribution in [0, 0.1) is 0 Å². The minimum Gasteiger partial charge on any atom is -0.379 e. The summed E-state index contributed by atoms with van der Waals surface area (Å²) in [5, 5.41) is 9.43. The molecule has 6 heteroatoms. The van der Waals surface area contributed by atoms with Gasteiger partial charge in [0.2, 0.25) is 0 Å². The number of H-pyrrole nitrogens is 1. The number of hydrogen-bond donors (Lipinski definition) is 2. The average Bonchev–Trinajstić information content (AvgIpc) is 2.32. The molecule has 1 rings (SSSR count). The number of nitrogens with one attached hydrogen (secondary N) is 2. The number of hydrogen-bond acceptors (Lipinski definition) is 4. The summed E-state index contributed by atoms with van der Waals surface area (Å²) in [7, 11) is 0. The molecule has 0 aromatic carbocycles. The predicted molar refractivity (Wildman–Crippen MR) is 73.4 cm³/mol. The molecule has 1 aromatic heterocycles.